The van der Waals surface area contributed by atoms with E-state index in [0.29, 0.717) is 0 Å². The van der Waals surface area contributed by atoms with Crippen molar-refractivity contribution < 1.29 is 51.4 Å². The molecule has 0 N–H and O–H groups in total. The predicted octanol–water partition coefficient (Wildman–Crippen LogP) is -2.79. The molecule has 0 aliphatic heterocycles. The van der Waals surface area contributed by atoms with Crippen molar-refractivity contribution in [3.63, 3.8) is 0 Å². The Hall–Kier alpha value is -0.669. The van der Waals surface area contributed by atoms with Gasteiger partial charge in [0.2, 0.25) is 0 Å². The van der Waals surface area contributed by atoms with Crippen molar-refractivity contribution in [1.29, 1.82) is 0 Å². The van der Waals surface area contributed by atoms with Crippen LogP contribution in [0.3, 0.4) is 0 Å². The SMILES string of the molecule is [K+].c1cnn(B(n2cccn2)n2cccn2)c1. The van der Waals surface area contributed by atoms with Crippen molar-refractivity contribution in [3.8, 4) is 0 Å². The van der Waals surface area contributed by atoms with E-state index in [1.807, 2.05) is 36.8 Å². The first-order valence-corrected chi connectivity index (χ1v) is 4.92. The second-order valence-electron chi connectivity index (χ2n) is 3.30. The number of hydrogen-bond acceptors (Lipinski definition) is 3. The van der Waals surface area contributed by atoms with Gasteiger partial charge in [-0.15, -0.1) is 0 Å². The van der Waals surface area contributed by atoms with Crippen LogP contribution in [0.2, 0.25) is 0 Å². The standard InChI is InChI=1S/C9H9BN6.K/c1-4-11-14(7-1)10(15-8-2-5-12-15)16-9-3-6-13-16;/h1-9H;/q;+1. The van der Waals surface area contributed by atoms with Crippen LogP contribution < -0.4 is 51.4 Å². The second kappa shape index (κ2) is 5.78. The molecule has 0 atom stereocenters. The molecule has 0 unspecified atom stereocenters. The van der Waals surface area contributed by atoms with Crippen molar-refractivity contribution in [2.24, 2.45) is 0 Å². The van der Waals surface area contributed by atoms with Gasteiger partial charge in [-0.2, -0.15) is 15.3 Å². The molecular weight excluding hydrogens is 242 g/mol. The quantitative estimate of drug-likeness (QED) is 0.473. The molecule has 17 heavy (non-hydrogen) atoms. The molecule has 3 heterocycles. The molecule has 3 aromatic heterocycles. The number of hydrogen-bond donors (Lipinski definition) is 0. The van der Waals surface area contributed by atoms with Crippen LogP contribution in [0.5, 0.6) is 0 Å². The fourth-order valence-corrected chi connectivity index (χ4v) is 1.62. The maximum atomic E-state index is 4.22. The predicted molar refractivity (Wildman–Crippen MR) is 58.6 cm³/mol. The van der Waals surface area contributed by atoms with Crippen LogP contribution in [0.25, 0.3) is 0 Å². The van der Waals surface area contributed by atoms with Gasteiger partial charge in [-0.25, -0.2) is 0 Å². The molecule has 6 nitrogen and oxygen atoms in total. The van der Waals surface area contributed by atoms with Gasteiger partial charge in [0, 0.05) is 37.2 Å². The van der Waals surface area contributed by atoms with Crippen LogP contribution in [0, 0.1) is 0 Å². The molecule has 0 aliphatic rings. The average molecular weight is 251 g/mol. The van der Waals surface area contributed by atoms with E-state index in [-0.39, 0.29) is 58.5 Å². The molecule has 0 radical (unpaired) electrons. The van der Waals surface area contributed by atoms with Gasteiger partial charge in [-0.1, -0.05) is 0 Å². The fourth-order valence-electron chi connectivity index (χ4n) is 1.62. The van der Waals surface area contributed by atoms with E-state index in [0.717, 1.165) is 0 Å². The molecule has 3 aromatic rings. The van der Waals surface area contributed by atoms with Crippen LogP contribution in [0.15, 0.2) is 55.4 Å². The first-order valence-electron chi connectivity index (χ1n) is 4.92. The zero-order valence-corrected chi connectivity index (χ0v) is 12.6. The molecule has 0 bridgehead atoms. The molecule has 0 saturated carbocycles. The Morgan fingerprint density at radius 2 is 1.00 bits per heavy atom. The Morgan fingerprint density at radius 1 is 0.647 bits per heavy atom. The van der Waals surface area contributed by atoms with E-state index >= 15 is 0 Å². The largest absolute Gasteiger partial charge is 1.00 e. The maximum absolute atomic E-state index is 4.22. The summed E-state index contributed by atoms with van der Waals surface area (Å²) in [5.41, 5.74) is 0. The molecule has 0 aromatic carbocycles. The summed E-state index contributed by atoms with van der Waals surface area (Å²) in [5, 5.41) is 12.7. The number of aromatic nitrogens is 6. The van der Waals surface area contributed by atoms with E-state index in [4.69, 9.17) is 0 Å². The minimum absolute atomic E-state index is 0. The summed E-state index contributed by atoms with van der Waals surface area (Å²) < 4.78 is 5.38. The summed E-state index contributed by atoms with van der Waals surface area (Å²) in [5.74, 6) is 0. The zero-order chi connectivity index (χ0) is 10.8. The number of nitrogens with zero attached hydrogens (tertiary/aromatic N) is 6. The summed E-state index contributed by atoms with van der Waals surface area (Å²) in [4.78, 5) is 0. The Labute approximate surface area is 141 Å². The molecule has 0 saturated heterocycles. The number of rotatable bonds is 3. The van der Waals surface area contributed by atoms with E-state index in [2.05, 4.69) is 15.3 Å². The van der Waals surface area contributed by atoms with Crippen LogP contribution in [0.4, 0.5) is 0 Å². The van der Waals surface area contributed by atoms with Gasteiger partial charge >= 0.3 is 58.5 Å². The third-order valence-electron chi connectivity index (χ3n) is 2.28. The van der Waals surface area contributed by atoms with E-state index in [9.17, 15) is 0 Å². The van der Waals surface area contributed by atoms with E-state index in [1.54, 1.807) is 32.4 Å². The normalized spacial score (nSPS) is 9.88. The van der Waals surface area contributed by atoms with E-state index < -0.39 is 0 Å². The second-order valence-corrected chi connectivity index (χ2v) is 3.30. The minimum Gasteiger partial charge on any atom is -0.269 e. The zero-order valence-electron chi connectivity index (χ0n) is 9.46. The topological polar surface area (TPSA) is 53.5 Å². The van der Waals surface area contributed by atoms with Gasteiger partial charge in [0.25, 0.3) is 0 Å². The molecule has 8 heteroatoms. The Bertz CT molecular complexity index is 451. The van der Waals surface area contributed by atoms with Crippen molar-refractivity contribution in [2.75, 3.05) is 0 Å². The average Bonchev–Trinajstić information content (AvgIpc) is 3.02. The molecular formula is C9H9BKN6+. The molecule has 78 valence electrons. The van der Waals surface area contributed by atoms with Gasteiger partial charge in [0.05, 0.1) is 0 Å². The van der Waals surface area contributed by atoms with Gasteiger partial charge < -0.3 is 0 Å². The first kappa shape index (κ1) is 12.8. The monoisotopic (exact) mass is 251 g/mol. The summed E-state index contributed by atoms with van der Waals surface area (Å²) in [6.07, 6.45) is 10.9. The van der Waals surface area contributed by atoms with Crippen LogP contribution in [-0.4, -0.2) is 36.2 Å². The summed E-state index contributed by atoms with van der Waals surface area (Å²) in [7, 11) is -0.194. The Morgan fingerprint density at radius 3 is 1.24 bits per heavy atom. The van der Waals surface area contributed by atoms with Crippen LogP contribution >= 0.6 is 0 Å². The smallest absolute Gasteiger partial charge is 0.269 e. The van der Waals surface area contributed by atoms with E-state index in [1.165, 1.54) is 0 Å². The van der Waals surface area contributed by atoms with Gasteiger partial charge in [-0.3, -0.25) is 13.8 Å². The minimum atomic E-state index is -0.194. The van der Waals surface area contributed by atoms with Gasteiger partial charge in [0.1, 0.15) is 0 Å². The van der Waals surface area contributed by atoms with Gasteiger partial charge in [0.15, 0.2) is 0 Å². The van der Waals surface area contributed by atoms with Crippen molar-refractivity contribution in [3.05, 3.63) is 55.4 Å². The van der Waals surface area contributed by atoms with Crippen LogP contribution in [-0.2, 0) is 0 Å². The third kappa shape index (κ3) is 2.61. The molecule has 0 amide bonds. The summed E-state index contributed by atoms with van der Waals surface area (Å²) >= 11 is 0. The first-order chi connectivity index (χ1) is 7.95. The Kier molecular flexibility index (Phi) is 4.35. The summed E-state index contributed by atoms with van der Waals surface area (Å²) in [6.45, 7) is 0. The molecule has 3 rings (SSSR count). The van der Waals surface area contributed by atoms with Gasteiger partial charge in [-0.05, 0) is 18.2 Å². The maximum Gasteiger partial charge on any atom is 1.00 e. The van der Waals surface area contributed by atoms with Crippen LogP contribution in [0.1, 0.15) is 0 Å². The molecule has 0 fully saturated rings. The molecule has 0 aliphatic carbocycles. The van der Waals surface area contributed by atoms with Crippen molar-refractivity contribution in [1.82, 2.24) is 29.1 Å². The third-order valence-corrected chi connectivity index (χ3v) is 2.28. The molecule has 0 spiro atoms. The fraction of sp³-hybridized carbons (Fsp3) is 0. The van der Waals surface area contributed by atoms with Crippen molar-refractivity contribution >= 4 is 7.12 Å². The Balaban J connectivity index is 0.00000108. The van der Waals surface area contributed by atoms with Crippen molar-refractivity contribution in [2.45, 2.75) is 0 Å². The summed E-state index contributed by atoms with van der Waals surface area (Å²) in [6, 6.07) is 5.62.